The number of thioether (sulfide) groups is 1. The molecule has 0 spiro atoms. The summed E-state index contributed by atoms with van der Waals surface area (Å²) in [4.78, 5) is 18.2. The number of carbonyl (C=O) groups is 1. The number of nitrogens with one attached hydrogen (secondary N) is 1. The lowest BCUT2D eigenvalue weighted by Gasteiger charge is -2.34. The fourth-order valence-electron chi connectivity index (χ4n) is 3.78. The van der Waals surface area contributed by atoms with E-state index in [2.05, 4.69) is 37.2 Å². The van der Waals surface area contributed by atoms with Crippen molar-refractivity contribution in [1.29, 1.82) is 0 Å². The summed E-state index contributed by atoms with van der Waals surface area (Å²) in [7, 11) is 1.48. The van der Waals surface area contributed by atoms with Gasteiger partial charge in [0.25, 0.3) is 5.91 Å². The topological polar surface area (TPSA) is 86.5 Å². The molecule has 0 saturated heterocycles. The van der Waals surface area contributed by atoms with Crippen molar-refractivity contribution in [3.63, 3.8) is 0 Å². The van der Waals surface area contributed by atoms with Crippen LogP contribution in [0.15, 0.2) is 79.7 Å². The molecule has 10 heteroatoms. The van der Waals surface area contributed by atoms with Crippen molar-refractivity contribution < 1.29 is 14.6 Å². The fraction of sp³-hybridized carbons (Fsp3) is 0.125. The summed E-state index contributed by atoms with van der Waals surface area (Å²) in [5.74, 6) is 0.658. The largest absolute Gasteiger partial charge is 0.503 e. The number of ether oxygens (including phenoxy) is 1. The quantitative estimate of drug-likeness (QED) is 0.472. The van der Waals surface area contributed by atoms with Gasteiger partial charge < -0.3 is 9.84 Å². The number of para-hydroxylation sites is 1. The predicted molar refractivity (Wildman–Crippen MR) is 139 cm³/mol. The first-order valence-corrected chi connectivity index (χ1v) is 12.8. The molecule has 0 bridgehead atoms. The second kappa shape index (κ2) is 9.44. The molecule has 0 saturated carbocycles. The van der Waals surface area contributed by atoms with E-state index >= 15 is 0 Å². The summed E-state index contributed by atoms with van der Waals surface area (Å²) < 4.78 is 6.39. The summed E-state index contributed by atoms with van der Waals surface area (Å²) in [6, 6.07) is 19.2. The van der Waals surface area contributed by atoms with Crippen molar-refractivity contribution in [1.82, 2.24) is 10.3 Å². The molecule has 0 aliphatic carbocycles. The van der Waals surface area contributed by atoms with Gasteiger partial charge in [-0.2, -0.15) is 0 Å². The normalized spacial score (nSPS) is 16.7. The third kappa shape index (κ3) is 4.10. The Labute approximate surface area is 216 Å². The highest BCUT2D eigenvalue weighted by molar-refractivity contribution is 9.13. The molecule has 3 aromatic rings. The molecule has 1 atom stereocenters. The Bertz CT molecular complexity index is 1450. The van der Waals surface area contributed by atoms with Crippen molar-refractivity contribution >= 4 is 60.4 Å². The van der Waals surface area contributed by atoms with E-state index in [-0.39, 0.29) is 17.4 Å². The minimum absolute atomic E-state index is 0.0301. The van der Waals surface area contributed by atoms with Gasteiger partial charge in [0.2, 0.25) is 0 Å². The summed E-state index contributed by atoms with van der Waals surface area (Å²) in [5.41, 5.74) is 2.22. The van der Waals surface area contributed by atoms with Crippen molar-refractivity contribution in [2.75, 3.05) is 7.11 Å². The SMILES string of the molecule is COc1cc(C2N=c3ccccc3=C3C(=O)NC(SCc4ccccc4)=NN32)c(Br)c(Br)c1O. The summed E-state index contributed by atoms with van der Waals surface area (Å²) in [5, 5.41) is 21.6. The molecule has 0 fully saturated rings. The van der Waals surface area contributed by atoms with Crippen LogP contribution in [0.25, 0.3) is 5.70 Å². The number of hydrogen-bond acceptors (Lipinski definition) is 7. The van der Waals surface area contributed by atoms with Crippen molar-refractivity contribution in [2.24, 2.45) is 10.1 Å². The third-order valence-electron chi connectivity index (χ3n) is 5.41. The smallest absolute Gasteiger partial charge is 0.276 e. The number of hydrogen-bond donors (Lipinski definition) is 2. The Morgan fingerprint density at radius 3 is 2.62 bits per heavy atom. The number of nitrogens with zero attached hydrogens (tertiary/aromatic N) is 3. The maximum absolute atomic E-state index is 13.3. The number of aromatic hydroxyl groups is 1. The lowest BCUT2D eigenvalue weighted by atomic mass is 10.1. The molecule has 1 unspecified atom stereocenters. The van der Waals surface area contributed by atoms with Crippen molar-refractivity contribution in [3.05, 3.63) is 91.3 Å². The van der Waals surface area contributed by atoms with E-state index in [1.807, 2.05) is 54.6 Å². The van der Waals surface area contributed by atoms with E-state index in [0.29, 0.717) is 41.7 Å². The number of amides is 1. The van der Waals surface area contributed by atoms with E-state index in [0.717, 1.165) is 5.56 Å². The highest BCUT2D eigenvalue weighted by Gasteiger charge is 2.36. The molecule has 1 amide bonds. The van der Waals surface area contributed by atoms with Gasteiger partial charge >= 0.3 is 0 Å². The van der Waals surface area contributed by atoms with Gasteiger partial charge in [0.05, 0.1) is 16.9 Å². The monoisotopic (exact) mass is 600 g/mol. The number of benzene rings is 3. The highest BCUT2D eigenvalue weighted by atomic mass is 79.9. The van der Waals surface area contributed by atoms with Gasteiger partial charge in [0.1, 0.15) is 5.70 Å². The van der Waals surface area contributed by atoms with Gasteiger partial charge in [-0.3, -0.25) is 15.1 Å². The van der Waals surface area contributed by atoms with Gasteiger partial charge in [-0.1, -0.05) is 60.3 Å². The molecule has 7 nitrogen and oxygen atoms in total. The van der Waals surface area contributed by atoms with Crippen LogP contribution in [0, 0.1) is 0 Å². The van der Waals surface area contributed by atoms with Gasteiger partial charge in [0, 0.05) is 21.0 Å². The Balaban J connectivity index is 1.64. The number of methoxy groups -OCH3 is 1. The second-order valence-electron chi connectivity index (χ2n) is 7.49. The molecule has 34 heavy (non-hydrogen) atoms. The molecule has 2 heterocycles. The van der Waals surface area contributed by atoms with Crippen LogP contribution in [0.3, 0.4) is 0 Å². The van der Waals surface area contributed by atoms with Crippen LogP contribution in [-0.4, -0.2) is 28.3 Å². The first-order chi connectivity index (χ1) is 16.5. The molecule has 2 aliphatic heterocycles. The molecule has 2 aliphatic rings. The maximum atomic E-state index is 13.3. The lowest BCUT2D eigenvalue weighted by Crippen LogP contribution is -2.50. The first-order valence-electron chi connectivity index (χ1n) is 10.3. The summed E-state index contributed by atoms with van der Waals surface area (Å²) in [6.07, 6.45) is -0.663. The van der Waals surface area contributed by atoms with E-state index < -0.39 is 6.17 Å². The van der Waals surface area contributed by atoms with Gasteiger partial charge in [-0.15, -0.1) is 5.10 Å². The molecule has 172 valence electrons. The summed E-state index contributed by atoms with van der Waals surface area (Å²) >= 11 is 8.43. The first kappa shape index (κ1) is 22.9. The second-order valence-corrected chi connectivity index (χ2v) is 10.0. The molecular formula is C24H18Br2N4O3S. The predicted octanol–water partition coefficient (Wildman–Crippen LogP) is 4.00. The van der Waals surface area contributed by atoms with E-state index in [1.54, 1.807) is 11.1 Å². The van der Waals surface area contributed by atoms with Crippen LogP contribution in [0.4, 0.5) is 0 Å². The zero-order chi connectivity index (χ0) is 23.8. The van der Waals surface area contributed by atoms with Gasteiger partial charge in [-0.25, -0.2) is 5.01 Å². The van der Waals surface area contributed by atoms with E-state index in [9.17, 15) is 9.90 Å². The maximum Gasteiger partial charge on any atom is 0.276 e. The van der Waals surface area contributed by atoms with Crippen LogP contribution in [-0.2, 0) is 10.5 Å². The number of hydrazone groups is 1. The number of phenolic OH excluding ortho intramolecular Hbond substituents is 1. The standard InChI is InChI=1S/C24H18Br2N4O3S/c1-33-17-11-15(18(25)19(26)21(17)31)22-27-16-10-6-5-9-14(16)20-23(32)28-24(29-30(20)22)34-12-13-7-3-2-4-8-13/h2-11,22,31H,12H2,1H3,(H,28,29,32). The van der Waals surface area contributed by atoms with Crippen LogP contribution in [0.5, 0.6) is 11.5 Å². The van der Waals surface area contributed by atoms with Gasteiger partial charge in [0.15, 0.2) is 22.8 Å². The number of carbonyl (C=O) groups excluding carboxylic acids is 1. The number of fused-ring (bicyclic) bond motifs is 2. The average molecular weight is 602 g/mol. The van der Waals surface area contributed by atoms with Crippen LogP contribution in [0.2, 0.25) is 0 Å². The number of amidine groups is 1. The Morgan fingerprint density at radius 2 is 1.85 bits per heavy atom. The molecule has 0 aromatic heterocycles. The molecular weight excluding hydrogens is 584 g/mol. The van der Waals surface area contributed by atoms with Crippen LogP contribution < -0.4 is 20.6 Å². The molecule has 3 aromatic carbocycles. The van der Waals surface area contributed by atoms with Crippen molar-refractivity contribution in [2.45, 2.75) is 11.9 Å². The minimum atomic E-state index is -0.663. The Morgan fingerprint density at radius 1 is 1.12 bits per heavy atom. The third-order valence-corrected chi connectivity index (χ3v) is 8.50. The Hall–Kier alpha value is -2.82. The lowest BCUT2D eigenvalue weighted by molar-refractivity contribution is -0.116. The molecule has 0 radical (unpaired) electrons. The molecule has 2 N–H and O–H groups in total. The van der Waals surface area contributed by atoms with E-state index in [1.165, 1.54) is 18.9 Å². The zero-order valence-electron chi connectivity index (χ0n) is 17.8. The number of halogens is 2. The number of phenols is 1. The highest BCUT2D eigenvalue weighted by Crippen LogP contribution is 2.46. The molecule has 5 rings (SSSR count). The zero-order valence-corrected chi connectivity index (χ0v) is 21.8. The van der Waals surface area contributed by atoms with Gasteiger partial charge in [-0.05, 0) is 49.6 Å². The minimum Gasteiger partial charge on any atom is -0.503 e. The Kier molecular flexibility index (Phi) is 6.37. The average Bonchev–Trinajstić information content (AvgIpc) is 2.86. The number of rotatable bonds is 4. The van der Waals surface area contributed by atoms with Crippen LogP contribution in [0.1, 0.15) is 17.3 Å². The fourth-order valence-corrected chi connectivity index (χ4v) is 5.51. The van der Waals surface area contributed by atoms with Crippen LogP contribution >= 0.6 is 43.6 Å². The van der Waals surface area contributed by atoms with Crippen molar-refractivity contribution in [3.8, 4) is 11.5 Å². The van der Waals surface area contributed by atoms with E-state index in [4.69, 9.17) is 14.8 Å². The summed E-state index contributed by atoms with van der Waals surface area (Å²) in [6.45, 7) is 0.